The first-order valence-electron chi connectivity index (χ1n) is 11.0. The molecule has 0 N–H and O–H groups in total. The van der Waals surface area contributed by atoms with Gasteiger partial charge in [0.2, 0.25) is 5.95 Å². The third-order valence-electron chi connectivity index (χ3n) is 5.71. The molecule has 1 aliphatic rings. The highest BCUT2D eigenvalue weighted by molar-refractivity contribution is 5.42. The Bertz CT molecular complexity index is 1040. The molecule has 1 atom stereocenters. The second kappa shape index (κ2) is 10.6. The van der Waals surface area contributed by atoms with Crippen LogP contribution in [0.3, 0.4) is 0 Å². The fourth-order valence-electron chi connectivity index (χ4n) is 3.91. The zero-order valence-electron chi connectivity index (χ0n) is 19.7. The standard InChI is InChI=1S/C25H31N5O3/c1-29(2)25-27-14-19(15-28-25)16-30-9-10-33-24(17-30)22-7-5-18(13-26-22)11-20-12-21(31-3)6-8-23(20)32-4/h5-8,12-15,24H,9-11,16-17H2,1-4H3. The number of morpholine rings is 1. The van der Waals surface area contributed by atoms with Crippen molar-refractivity contribution in [3.05, 3.63) is 71.3 Å². The van der Waals surface area contributed by atoms with Crippen LogP contribution < -0.4 is 14.4 Å². The zero-order chi connectivity index (χ0) is 23.2. The topological polar surface area (TPSA) is 72.8 Å². The number of rotatable bonds is 8. The Hall–Kier alpha value is -3.23. The van der Waals surface area contributed by atoms with Gasteiger partial charge in [0.15, 0.2) is 0 Å². The summed E-state index contributed by atoms with van der Waals surface area (Å²) in [6.07, 6.45) is 6.37. The summed E-state index contributed by atoms with van der Waals surface area (Å²) >= 11 is 0. The van der Waals surface area contributed by atoms with Crippen molar-refractivity contribution in [1.29, 1.82) is 0 Å². The summed E-state index contributed by atoms with van der Waals surface area (Å²) in [4.78, 5) is 17.8. The molecular weight excluding hydrogens is 418 g/mol. The van der Waals surface area contributed by atoms with E-state index in [-0.39, 0.29) is 6.10 Å². The van der Waals surface area contributed by atoms with Gasteiger partial charge in [-0.05, 0) is 29.8 Å². The van der Waals surface area contributed by atoms with E-state index < -0.39 is 0 Å². The maximum absolute atomic E-state index is 6.03. The Balaban J connectivity index is 1.39. The van der Waals surface area contributed by atoms with Crippen LogP contribution in [0.4, 0.5) is 5.95 Å². The zero-order valence-corrected chi connectivity index (χ0v) is 19.7. The lowest BCUT2D eigenvalue weighted by Gasteiger charge is -2.32. The van der Waals surface area contributed by atoms with Gasteiger partial charge in [0.25, 0.3) is 0 Å². The Morgan fingerprint density at radius 2 is 1.79 bits per heavy atom. The molecule has 4 rings (SSSR count). The second-order valence-corrected chi connectivity index (χ2v) is 8.33. The molecule has 0 radical (unpaired) electrons. The van der Waals surface area contributed by atoms with Crippen molar-refractivity contribution in [2.24, 2.45) is 0 Å². The van der Waals surface area contributed by atoms with Crippen LogP contribution in [0, 0.1) is 0 Å². The van der Waals surface area contributed by atoms with Crippen molar-refractivity contribution in [1.82, 2.24) is 19.9 Å². The van der Waals surface area contributed by atoms with Gasteiger partial charge >= 0.3 is 0 Å². The minimum Gasteiger partial charge on any atom is -0.497 e. The van der Waals surface area contributed by atoms with E-state index in [9.17, 15) is 0 Å². The van der Waals surface area contributed by atoms with E-state index in [0.717, 1.165) is 59.5 Å². The summed E-state index contributed by atoms with van der Waals surface area (Å²) in [5.41, 5.74) is 4.21. The van der Waals surface area contributed by atoms with Crippen molar-refractivity contribution >= 4 is 5.95 Å². The van der Waals surface area contributed by atoms with Gasteiger partial charge in [0, 0.05) is 69.9 Å². The summed E-state index contributed by atoms with van der Waals surface area (Å²) in [5.74, 6) is 2.37. The van der Waals surface area contributed by atoms with E-state index in [4.69, 9.17) is 19.2 Å². The Morgan fingerprint density at radius 3 is 2.45 bits per heavy atom. The smallest absolute Gasteiger partial charge is 0.224 e. The van der Waals surface area contributed by atoms with Crippen LogP contribution in [0.2, 0.25) is 0 Å². The lowest BCUT2D eigenvalue weighted by Crippen LogP contribution is -2.38. The van der Waals surface area contributed by atoms with E-state index in [2.05, 4.69) is 27.0 Å². The van der Waals surface area contributed by atoms with Crippen molar-refractivity contribution in [2.75, 3.05) is 52.9 Å². The van der Waals surface area contributed by atoms with E-state index in [0.29, 0.717) is 13.0 Å². The first kappa shape index (κ1) is 22.9. The predicted molar refractivity (Wildman–Crippen MR) is 127 cm³/mol. The van der Waals surface area contributed by atoms with Crippen LogP contribution in [0.15, 0.2) is 48.9 Å². The van der Waals surface area contributed by atoms with Crippen molar-refractivity contribution in [2.45, 2.75) is 19.1 Å². The molecule has 8 nitrogen and oxygen atoms in total. The molecule has 1 unspecified atom stereocenters. The molecule has 2 aromatic heterocycles. The number of nitrogens with zero attached hydrogens (tertiary/aromatic N) is 5. The van der Waals surface area contributed by atoms with Gasteiger partial charge in [0.05, 0.1) is 26.5 Å². The molecular formula is C25H31N5O3. The summed E-state index contributed by atoms with van der Waals surface area (Å²) in [6.45, 7) is 3.12. The monoisotopic (exact) mass is 449 g/mol. The van der Waals surface area contributed by atoms with E-state index in [1.165, 1.54) is 0 Å². The van der Waals surface area contributed by atoms with Gasteiger partial charge in [-0.3, -0.25) is 9.88 Å². The Kier molecular flexibility index (Phi) is 7.36. The van der Waals surface area contributed by atoms with Gasteiger partial charge in [-0.25, -0.2) is 9.97 Å². The predicted octanol–water partition coefficient (Wildman–Crippen LogP) is 3.12. The van der Waals surface area contributed by atoms with Gasteiger partial charge < -0.3 is 19.1 Å². The number of hydrogen-bond acceptors (Lipinski definition) is 8. The van der Waals surface area contributed by atoms with Crippen molar-refractivity contribution < 1.29 is 14.2 Å². The number of benzene rings is 1. The normalized spacial score (nSPS) is 16.4. The Labute approximate surface area is 195 Å². The quantitative estimate of drug-likeness (QED) is 0.519. The summed E-state index contributed by atoms with van der Waals surface area (Å²) in [5, 5.41) is 0. The number of ether oxygens (including phenoxy) is 3. The SMILES string of the molecule is COc1ccc(OC)c(Cc2ccc(C3CN(Cc4cnc(N(C)C)nc4)CCO3)nc2)c1. The number of hydrogen-bond donors (Lipinski definition) is 0. The molecule has 1 aliphatic heterocycles. The van der Waals surface area contributed by atoms with Gasteiger partial charge in [-0.1, -0.05) is 6.07 Å². The highest BCUT2D eigenvalue weighted by Crippen LogP contribution is 2.27. The Morgan fingerprint density at radius 1 is 1.00 bits per heavy atom. The minimum atomic E-state index is -0.0545. The third-order valence-corrected chi connectivity index (χ3v) is 5.71. The van der Waals surface area contributed by atoms with Gasteiger partial charge in [0.1, 0.15) is 17.6 Å². The molecule has 1 fully saturated rings. The maximum atomic E-state index is 6.03. The molecule has 0 aliphatic carbocycles. The van der Waals surface area contributed by atoms with Crippen LogP contribution in [-0.4, -0.2) is 67.9 Å². The summed E-state index contributed by atoms with van der Waals surface area (Å²) in [6, 6.07) is 10.0. The maximum Gasteiger partial charge on any atom is 0.224 e. The number of aromatic nitrogens is 3. The summed E-state index contributed by atoms with van der Waals surface area (Å²) in [7, 11) is 7.23. The highest BCUT2D eigenvalue weighted by atomic mass is 16.5. The first-order valence-corrected chi connectivity index (χ1v) is 11.0. The number of methoxy groups -OCH3 is 2. The number of anilines is 1. The molecule has 3 heterocycles. The molecule has 0 amide bonds. The van der Waals surface area contributed by atoms with Gasteiger partial charge in [-0.15, -0.1) is 0 Å². The molecule has 3 aromatic rings. The number of pyridine rings is 1. The molecule has 0 spiro atoms. The molecule has 0 saturated carbocycles. The molecule has 0 bridgehead atoms. The van der Waals surface area contributed by atoms with Gasteiger partial charge in [-0.2, -0.15) is 0 Å². The molecule has 8 heteroatoms. The van der Waals surface area contributed by atoms with Crippen molar-refractivity contribution in [3.63, 3.8) is 0 Å². The van der Waals surface area contributed by atoms with E-state index in [1.807, 2.05) is 55.8 Å². The van der Waals surface area contributed by atoms with Crippen LogP contribution in [0.1, 0.15) is 28.5 Å². The van der Waals surface area contributed by atoms with E-state index >= 15 is 0 Å². The molecule has 33 heavy (non-hydrogen) atoms. The van der Waals surface area contributed by atoms with Crippen LogP contribution in [0.5, 0.6) is 11.5 Å². The van der Waals surface area contributed by atoms with E-state index in [1.54, 1.807) is 14.2 Å². The largest absolute Gasteiger partial charge is 0.497 e. The molecule has 174 valence electrons. The fraction of sp³-hybridized carbons (Fsp3) is 0.400. The lowest BCUT2D eigenvalue weighted by molar-refractivity contribution is -0.0350. The average Bonchev–Trinajstić information content (AvgIpc) is 2.85. The van der Waals surface area contributed by atoms with Crippen LogP contribution in [0.25, 0.3) is 0 Å². The van der Waals surface area contributed by atoms with Crippen LogP contribution >= 0.6 is 0 Å². The second-order valence-electron chi connectivity index (χ2n) is 8.33. The highest BCUT2D eigenvalue weighted by Gasteiger charge is 2.23. The average molecular weight is 450 g/mol. The summed E-state index contributed by atoms with van der Waals surface area (Å²) < 4.78 is 16.9. The fourth-order valence-corrected chi connectivity index (χ4v) is 3.91. The lowest BCUT2D eigenvalue weighted by atomic mass is 10.0. The van der Waals surface area contributed by atoms with Crippen LogP contribution in [-0.2, 0) is 17.7 Å². The molecule has 1 aromatic carbocycles. The third kappa shape index (κ3) is 5.77. The molecule has 1 saturated heterocycles. The minimum absolute atomic E-state index is 0.0545. The van der Waals surface area contributed by atoms with Crippen molar-refractivity contribution in [3.8, 4) is 11.5 Å². The first-order chi connectivity index (χ1) is 16.1.